The number of thiophene rings is 1. The van der Waals surface area contributed by atoms with Gasteiger partial charge in [-0.25, -0.2) is 0 Å². The minimum absolute atomic E-state index is 0.293. The van der Waals surface area contributed by atoms with E-state index >= 15 is 0 Å². The van der Waals surface area contributed by atoms with Crippen molar-refractivity contribution in [2.24, 2.45) is 0 Å². The highest BCUT2D eigenvalue weighted by molar-refractivity contribution is 7.86. The van der Waals surface area contributed by atoms with E-state index in [1.165, 1.54) is 9.75 Å². The van der Waals surface area contributed by atoms with Crippen LogP contribution in [0.1, 0.15) is 41.5 Å². The largest absolute Gasteiger partial charge is 0.373 e. The van der Waals surface area contributed by atoms with Crippen LogP contribution in [-0.4, -0.2) is 67.8 Å². The van der Waals surface area contributed by atoms with Crippen molar-refractivity contribution in [3.05, 3.63) is 21.9 Å². The predicted molar refractivity (Wildman–Crippen MR) is 98.8 cm³/mol. The number of ether oxygens (including phenoxy) is 1. The second-order valence-corrected chi connectivity index (χ2v) is 10.2. The number of rotatable bonds is 5. The third kappa shape index (κ3) is 3.94. The van der Waals surface area contributed by atoms with E-state index in [0.29, 0.717) is 32.3 Å². The van der Waals surface area contributed by atoms with Gasteiger partial charge in [0.05, 0.1) is 6.10 Å². The highest BCUT2D eigenvalue weighted by atomic mass is 32.2. The molecule has 4 heterocycles. The summed E-state index contributed by atoms with van der Waals surface area (Å²) >= 11 is 1.84. The summed E-state index contributed by atoms with van der Waals surface area (Å²) in [6.45, 7) is 5.97. The Balaban J connectivity index is 1.30. The molecule has 140 valence electrons. The van der Waals surface area contributed by atoms with Gasteiger partial charge in [0.15, 0.2) is 0 Å². The molecule has 0 bridgehead atoms. The van der Waals surface area contributed by atoms with Gasteiger partial charge in [-0.2, -0.15) is 17.0 Å². The van der Waals surface area contributed by atoms with Crippen LogP contribution in [0.5, 0.6) is 0 Å². The van der Waals surface area contributed by atoms with Gasteiger partial charge in [-0.1, -0.05) is 0 Å². The molecular weight excluding hydrogens is 358 g/mol. The molecule has 3 aliphatic rings. The van der Waals surface area contributed by atoms with Gasteiger partial charge in [-0.3, -0.25) is 4.90 Å². The highest BCUT2D eigenvalue weighted by Gasteiger charge is 2.33. The average molecular weight is 386 g/mol. The summed E-state index contributed by atoms with van der Waals surface area (Å²) in [5.74, 6) is 0. The lowest BCUT2D eigenvalue weighted by atomic mass is 10.2. The maximum atomic E-state index is 12.6. The first-order chi connectivity index (χ1) is 12.1. The van der Waals surface area contributed by atoms with Gasteiger partial charge in [-0.05, 0) is 37.8 Å². The lowest BCUT2D eigenvalue weighted by Gasteiger charge is -2.35. The van der Waals surface area contributed by atoms with Gasteiger partial charge < -0.3 is 4.74 Å². The zero-order valence-electron chi connectivity index (χ0n) is 14.6. The average Bonchev–Trinajstić information content (AvgIpc) is 3.37. The first kappa shape index (κ1) is 17.9. The molecule has 0 spiro atoms. The SMILES string of the molecule is O=S(=O)(N1CCCC1)N1CCN(Cc2ccc([C@H]3CCCO3)s2)CC1. The summed E-state index contributed by atoms with van der Waals surface area (Å²) in [4.78, 5) is 5.05. The molecule has 0 aliphatic carbocycles. The zero-order valence-corrected chi connectivity index (χ0v) is 16.2. The molecule has 0 aromatic carbocycles. The van der Waals surface area contributed by atoms with E-state index in [0.717, 1.165) is 51.9 Å². The molecule has 0 unspecified atom stereocenters. The van der Waals surface area contributed by atoms with Crippen LogP contribution >= 0.6 is 11.3 Å². The summed E-state index contributed by atoms with van der Waals surface area (Å²) in [6.07, 6.45) is 4.56. The Morgan fingerprint density at radius 1 is 1.00 bits per heavy atom. The van der Waals surface area contributed by atoms with Crippen molar-refractivity contribution in [2.75, 3.05) is 45.9 Å². The van der Waals surface area contributed by atoms with Crippen molar-refractivity contribution in [2.45, 2.75) is 38.3 Å². The lowest BCUT2D eigenvalue weighted by molar-refractivity contribution is 0.114. The van der Waals surface area contributed by atoms with Crippen molar-refractivity contribution in [3.8, 4) is 0 Å². The summed E-state index contributed by atoms with van der Waals surface area (Å²) < 4.78 is 34.3. The molecule has 0 saturated carbocycles. The zero-order chi connectivity index (χ0) is 17.3. The Bertz CT molecular complexity index is 671. The van der Waals surface area contributed by atoms with Crippen molar-refractivity contribution in [1.29, 1.82) is 0 Å². The number of nitrogens with zero attached hydrogens (tertiary/aromatic N) is 3. The van der Waals surface area contributed by atoms with Gasteiger partial charge in [0, 0.05) is 62.2 Å². The summed E-state index contributed by atoms with van der Waals surface area (Å²) in [5.41, 5.74) is 0. The van der Waals surface area contributed by atoms with Crippen LogP contribution < -0.4 is 0 Å². The molecule has 0 amide bonds. The standard InChI is InChI=1S/C17H27N3O3S2/c21-25(22,19-7-1-2-8-19)20-11-9-18(10-12-20)14-15-5-6-17(24-15)16-4-3-13-23-16/h5-6,16H,1-4,7-14H2/t16-/m1/s1. The monoisotopic (exact) mass is 385 g/mol. The van der Waals surface area contributed by atoms with Crippen molar-refractivity contribution in [3.63, 3.8) is 0 Å². The fourth-order valence-corrected chi connectivity index (χ4v) is 6.69. The molecule has 0 radical (unpaired) electrons. The van der Waals surface area contributed by atoms with E-state index in [-0.39, 0.29) is 0 Å². The molecular formula is C17H27N3O3S2. The van der Waals surface area contributed by atoms with Crippen LogP contribution in [-0.2, 0) is 21.5 Å². The van der Waals surface area contributed by atoms with Crippen molar-refractivity contribution in [1.82, 2.24) is 13.5 Å². The number of hydrogen-bond acceptors (Lipinski definition) is 5. The van der Waals surface area contributed by atoms with Crippen molar-refractivity contribution < 1.29 is 13.2 Å². The van der Waals surface area contributed by atoms with Crippen LogP contribution in [0.15, 0.2) is 12.1 Å². The molecule has 3 fully saturated rings. The van der Waals surface area contributed by atoms with Gasteiger partial charge in [-0.15, -0.1) is 11.3 Å². The van der Waals surface area contributed by atoms with Crippen LogP contribution in [0.2, 0.25) is 0 Å². The van der Waals surface area contributed by atoms with Gasteiger partial charge in [0.2, 0.25) is 0 Å². The molecule has 1 aromatic rings. The third-order valence-corrected chi connectivity index (χ3v) is 8.56. The maximum absolute atomic E-state index is 12.6. The van der Waals surface area contributed by atoms with Crippen LogP contribution in [0.3, 0.4) is 0 Å². The number of piperazine rings is 1. The minimum atomic E-state index is -3.24. The van der Waals surface area contributed by atoms with Gasteiger partial charge >= 0.3 is 0 Å². The molecule has 4 rings (SSSR count). The smallest absolute Gasteiger partial charge is 0.282 e. The molecule has 1 aromatic heterocycles. The van der Waals surface area contributed by atoms with E-state index in [2.05, 4.69) is 17.0 Å². The fourth-order valence-electron chi connectivity index (χ4n) is 3.88. The molecule has 3 aliphatic heterocycles. The van der Waals surface area contributed by atoms with E-state index in [1.54, 1.807) is 8.61 Å². The highest BCUT2D eigenvalue weighted by Crippen LogP contribution is 2.33. The summed E-state index contributed by atoms with van der Waals surface area (Å²) in [6, 6.07) is 4.40. The van der Waals surface area contributed by atoms with Gasteiger partial charge in [0.1, 0.15) is 0 Å². The molecule has 8 heteroatoms. The maximum Gasteiger partial charge on any atom is 0.282 e. The molecule has 0 N–H and O–H groups in total. The quantitative estimate of drug-likeness (QED) is 0.779. The topological polar surface area (TPSA) is 53.1 Å². The van der Waals surface area contributed by atoms with Crippen LogP contribution in [0, 0.1) is 0 Å². The summed E-state index contributed by atoms with van der Waals surface area (Å²) in [5, 5.41) is 0. The van der Waals surface area contributed by atoms with Gasteiger partial charge in [0.25, 0.3) is 10.2 Å². The summed E-state index contributed by atoms with van der Waals surface area (Å²) in [7, 11) is -3.24. The van der Waals surface area contributed by atoms with E-state index in [4.69, 9.17) is 4.74 Å². The first-order valence-corrected chi connectivity index (χ1v) is 11.5. The molecule has 25 heavy (non-hydrogen) atoms. The third-order valence-electron chi connectivity index (χ3n) is 5.36. The molecule has 6 nitrogen and oxygen atoms in total. The Hall–Kier alpha value is -0.510. The lowest BCUT2D eigenvalue weighted by Crippen LogP contribution is -2.52. The normalized spacial score (nSPS) is 27.3. The molecule has 3 saturated heterocycles. The van der Waals surface area contributed by atoms with Crippen LogP contribution in [0.4, 0.5) is 0 Å². The Kier molecular flexibility index (Phi) is 5.45. The van der Waals surface area contributed by atoms with Crippen molar-refractivity contribution >= 4 is 21.5 Å². The first-order valence-electron chi connectivity index (χ1n) is 9.31. The second-order valence-electron chi connectivity index (χ2n) is 7.09. The minimum Gasteiger partial charge on any atom is -0.373 e. The van der Waals surface area contributed by atoms with Crippen LogP contribution in [0.25, 0.3) is 0 Å². The molecule has 1 atom stereocenters. The Labute approximate surface area is 154 Å². The number of hydrogen-bond donors (Lipinski definition) is 0. The predicted octanol–water partition coefficient (Wildman–Crippen LogP) is 2.06. The van der Waals surface area contributed by atoms with E-state index in [9.17, 15) is 8.42 Å². The van der Waals surface area contributed by atoms with E-state index < -0.39 is 10.2 Å². The fraction of sp³-hybridized carbons (Fsp3) is 0.765. The van der Waals surface area contributed by atoms with E-state index in [1.807, 2.05) is 11.3 Å². The Morgan fingerprint density at radius 2 is 1.72 bits per heavy atom. The Morgan fingerprint density at radius 3 is 2.40 bits per heavy atom. The second kappa shape index (κ2) is 7.62.